The first kappa shape index (κ1) is 8.69. The summed E-state index contributed by atoms with van der Waals surface area (Å²) in [6.07, 6.45) is 4.56. The molecule has 0 saturated heterocycles. The van der Waals surface area contributed by atoms with Gasteiger partial charge in [-0.25, -0.2) is 4.68 Å². The van der Waals surface area contributed by atoms with Gasteiger partial charge in [-0.15, -0.1) is 5.10 Å². The Hall–Kier alpha value is -0.900. The monoisotopic (exact) mass is 181 g/mol. The summed E-state index contributed by atoms with van der Waals surface area (Å²) in [6, 6.07) is 0. The fraction of sp³-hybridized carbons (Fsp3) is 0.778. The van der Waals surface area contributed by atoms with Gasteiger partial charge >= 0.3 is 0 Å². The van der Waals surface area contributed by atoms with Gasteiger partial charge in [0.05, 0.1) is 11.9 Å². The van der Waals surface area contributed by atoms with E-state index in [9.17, 15) is 0 Å². The number of hydrogen-bond acceptors (Lipinski definition) is 3. The second-order valence-corrected chi connectivity index (χ2v) is 3.50. The van der Waals surface area contributed by atoms with Gasteiger partial charge in [0.25, 0.3) is 0 Å². The van der Waals surface area contributed by atoms with Crippen LogP contribution in [0.4, 0.5) is 0 Å². The standard InChI is InChI=1S/C9H15N3O/c1-3-13-9(7-4-5-7)8-6-10-11-12(8)2/h6-7,9H,3-5H2,1-2H3. The topological polar surface area (TPSA) is 39.9 Å². The lowest BCUT2D eigenvalue weighted by atomic mass is 10.2. The zero-order valence-electron chi connectivity index (χ0n) is 8.10. The van der Waals surface area contributed by atoms with E-state index in [4.69, 9.17) is 4.74 Å². The summed E-state index contributed by atoms with van der Waals surface area (Å²) >= 11 is 0. The minimum Gasteiger partial charge on any atom is -0.372 e. The molecule has 1 aromatic rings. The second-order valence-electron chi connectivity index (χ2n) is 3.50. The van der Waals surface area contributed by atoms with E-state index in [-0.39, 0.29) is 6.10 Å². The van der Waals surface area contributed by atoms with Gasteiger partial charge in [-0.05, 0) is 25.7 Å². The molecule has 0 aromatic carbocycles. The summed E-state index contributed by atoms with van der Waals surface area (Å²) in [6.45, 7) is 2.78. The van der Waals surface area contributed by atoms with Crippen LogP contribution in [0.5, 0.6) is 0 Å². The Morgan fingerprint density at radius 1 is 1.69 bits per heavy atom. The SMILES string of the molecule is CCOC(c1cnnn1C)C1CC1. The Morgan fingerprint density at radius 3 is 2.92 bits per heavy atom. The minimum absolute atomic E-state index is 0.213. The maximum atomic E-state index is 5.69. The molecule has 1 fully saturated rings. The van der Waals surface area contributed by atoms with Crippen molar-refractivity contribution < 1.29 is 4.74 Å². The molecular weight excluding hydrogens is 166 g/mol. The molecule has 4 nitrogen and oxygen atoms in total. The van der Waals surface area contributed by atoms with Crippen molar-refractivity contribution in [1.29, 1.82) is 0 Å². The molecule has 0 spiro atoms. The average Bonchev–Trinajstić information content (AvgIpc) is 2.86. The van der Waals surface area contributed by atoms with Gasteiger partial charge in [0.1, 0.15) is 6.10 Å². The smallest absolute Gasteiger partial charge is 0.104 e. The molecule has 1 aromatic heterocycles. The molecule has 0 N–H and O–H groups in total. The highest BCUT2D eigenvalue weighted by molar-refractivity contribution is 5.04. The molecule has 1 aliphatic rings. The zero-order chi connectivity index (χ0) is 9.26. The summed E-state index contributed by atoms with van der Waals surface area (Å²) in [5.74, 6) is 0.692. The number of nitrogens with zero attached hydrogens (tertiary/aromatic N) is 3. The second kappa shape index (κ2) is 3.46. The molecule has 0 amide bonds. The molecule has 0 aliphatic heterocycles. The lowest BCUT2D eigenvalue weighted by Crippen LogP contribution is -2.11. The van der Waals surface area contributed by atoms with Crippen molar-refractivity contribution in [2.45, 2.75) is 25.9 Å². The largest absolute Gasteiger partial charge is 0.372 e. The average molecular weight is 181 g/mol. The molecule has 2 rings (SSSR count). The van der Waals surface area contributed by atoms with Crippen molar-refractivity contribution in [2.24, 2.45) is 13.0 Å². The molecule has 1 unspecified atom stereocenters. The highest BCUT2D eigenvalue weighted by atomic mass is 16.5. The van der Waals surface area contributed by atoms with Crippen LogP contribution in [-0.2, 0) is 11.8 Å². The number of aryl methyl sites for hydroxylation is 1. The van der Waals surface area contributed by atoms with E-state index in [2.05, 4.69) is 10.3 Å². The first-order valence-corrected chi connectivity index (χ1v) is 4.79. The lowest BCUT2D eigenvalue weighted by Gasteiger charge is -2.15. The Morgan fingerprint density at radius 2 is 2.46 bits per heavy atom. The van der Waals surface area contributed by atoms with Crippen molar-refractivity contribution >= 4 is 0 Å². The first-order chi connectivity index (χ1) is 6.33. The lowest BCUT2D eigenvalue weighted by molar-refractivity contribution is 0.0406. The predicted molar refractivity (Wildman–Crippen MR) is 48.1 cm³/mol. The Labute approximate surface area is 77.9 Å². The first-order valence-electron chi connectivity index (χ1n) is 4.79. The van der Waals surface area contributed by atoms with Crippen LogP contribution in [-0.4, -0.2) is 21.6 Å². The van der Waals surface area contributed by atoms with Gasteiger partial charge in [0, 0.05) is 13.7 Å². The summed E-state index contributed by atoms with van der Waals surface area (Å²) < 4.78 is 7.49. The molecule has 72 valence electrons. The molecule has 1 aliphatic carbocycles. The molecule has 4 heteroatoms. The number of hydrogen-bond donors (Lipinski definition) is 0. The maximum Gasteiger partial charge on any atom is 0.104 e. The number of rotatable bonds is 4. The Kier molecular flexibility index (Phi) is 2.31. The van der Waals surface area contributed by atoms with Crippen molar-refractivity contribution in [2.75, 3.05) is 6.61 Å². The van der Waals surface area contributed by atoms with Crippen LogP contribution in [0.2, 0.25) is 0 Å². The molecular formula is C9H15N3O. The van der Waals surface area contributed by atoms with Gasteiger partial charge in [-0.3, -0.25) is 0 Å². The van der Waals surface area contributed by atoms with Crippen LogP contribution in [0, 0.1) is 5.92 Å². The normalized spacial score (nSPS) is 18.9. The molecule has 1 saturated carbocycles. The fourth-order valence-electron chi connectivity index (χ4n) is 1.60. The van der Waals surface area contributed by atoms with E-state index in [1.807, 2.05) is 14.0 Å². The molecule has 1 heterocycles. The summed E-state index contributed by atoms with van der Waals surface area (Å²) in [7, 11) is 1.91. The van der Waals surface area contributed by atoms with Crippen molar-refractivity contribution in [1.82, 2.24) is 15.0 Å². The quantitative estimate of drug-likeness (QED) is 0.703. The zero-order valence-corrected chi connectivity index (χ0v) is 8.10. The van der Waals surface area contributed by atoms with Crippen LogP contribution in [0.15, 0.2) is 6.20 Å². The molecule has 0 bridgehead atoms. The number of aromatic nitrogens is 3. The van der Waals surface area contributed by atoms with E-state index in [0.29, 0.717) is 5.92 Å². The van der Waals surface area contributed by atoms with E-state index in [0.717, 1.165) is 12.3 Å². The maximum absolute atomic E-state index is 5.69. The van der Waals surface area contributed by atoms with Gasteiger partial charge in [0.2, 0.25) is 0 Å². The third-order valence-corrected chi connectivity index (χ3v) is 2.44. The van der Waals surface area contributed by atoms with E-state index in [1.165, 1.54) is 12.8 Å². The van der Waals surface area contributed by atoms with Crippen molar-refractivity contribution in [3.63, 3.8) is 0 Å². The van der Waals surface area contributed by atoms with Crippen LogP contribution in [0.25, 0.3) is 0 Å². The third kappa shape index (κ3) is 1.72. The van der Waals surface area contributed by atoms with Crippen molar-refractivity contribution in [3.8, 4) is 0 Å². The van der Waals surface area contributed by atoms with Gasteiger partial charge in [0.15, 0.2) is 0 Å². The van der Waals surface area contributed by atoms with E-state index < -0.39 is 0 Å². The Bertz CT molecular complexity index is 280. The highest BCUT2D eigenvalue weighted by Gasteiger charge is 2.34. The number of ether oxygens (including phenoxy) is 1. The van der Waals surface area contributed by atoms with Crippen LogP contribution >= 0.6 is 0 Å². The van der Waals surface area contributed by atoms with Crippen molar-refractivity contribution in [3.05, 3.63) is 11.9 Å². The van der Waals surface area contributed by atoms with Crippen LogP contribution in [0.3, 0.4) is 0 Å². The predicted octanol–water partition coefficient (Wildman–Crippen LogP) is 1.30. The summed E-state index contributed by atoms with van der Waals surface area (Å²) in [4.78, 5) is 0. The Balaban J connectivity index is 2.14. The van der Waals surface area contributed by atoms with Crippen LogP contribution in [0.1, 0.15) is 31.6 Å². The molecule has 13 heavy (non-hydrogen) atoms. The van der Waals surface area contributed by atoms with Gasteiger partial charge in [-0.1, -0.05) is 5.21 Å². The highest BCUT2D eigenvalue weighted by Crippen LogP contribution is 2.42. The molecule has 1 atom stereocenters. The van der Waals surface area contributed by atoms with Gasteiger partial charge < -0.3 is 4.74 Å². The summed E-state index contributed by atoms with van der Waals surface area (Å²) in [5.41, 5.74) is 1.10. The fourth-order valence-corrected chi connectivity index (χ4v) is 1.60. The van der Waals surface area contributed by atoms with Gasteiger partial charge in [-0.2, -0.15) is 0 Å². The summed E-state index contributed by atoms with van der Waals surface area (Å²) in [5, 5.41) is 7.78. The minimum atomic E-state index is 0.213. The molecule has 0 radical (unpaired) electrons. The third-order valence-electron chi connectivity index (χ3n) is 2.44. The van der Waals surface area contributed by atoms with E-state index in [1.54, 1.807) is 10.9 Å². The van der Waals surface area contributed by atoms with E-state index >= 15 is 0 Å². The van der Waals surface area contributed by atoms with Crippen LogP contribution < -0.4 is 0 Å².